The highest BCUT2D eigenvalue weighted by atomic mass is 15.1. The molecule has 0 unspecified atom stereocenters. The monoisotopic (exact) mass is 260 g/mol. The Kier molecular flexibility index (Phi) is 1.62. The van der Waals surface area contributed by atoms with Crippen LogP contribution in [0.4, 0.5) is 0 Å². The summed E-state index contributed by atoms with van der Waals surface area (Å²) in [5, 5.41) is 0.909. The molecule has 0 atom stereocenters. The minimum Gasteiger partial charge on any atom is -0.356 e. The summed E-state index contributed by atoms with van der Waals surface area (Å²) in [5.41, 5.74) is 5.03. The van der Waals surface area contributed by atoms with Crippen molar-refractivity contribution in [1.82, 2.24) is 29.3 Å². The highest BCUT2D eigenvalue weighted by Gasteiger charge is 2.14. The largest absolute Gasteiger partial charge is 0.356 e. The molecule has 1 aromatic carbocycles. The number of hydrogen-bond acceptors (Lipinski definition) is 4. The Morgan fingerprint density at radius 1 is 1.00 bits per heavy atom. The number of aromatic amines is 1. The summed E-state index contributed by atoms with van der Waals surface area (Å²) >= 11 is 0. The Bertz CT molecular complexity index is 1100. The minimum atomic E-state index is 0.662. The van der Waals surface area contributed by atoms with Crippen molar-refractivity contribution in [3.8, 4) is 0 Å². The molecule has 0 spiro atoms. The summed E-state index contributed by atoms with van der Waals surface area (Å²) in [6.45, 7) is 0. The predicted molar refractivity (Wildman–Crippen MR) is 75.4 cm³/mol. The number of benzene rings is 1. The second kappa shape index (κ2) is 3.30. The van der Waals surface area contributed by atoms with Crippen LogP contribution in [0.5, 0.6) is 0 Å². The number of H-pyrrole nitrogens is 1. The van der Waals surface area contributed by atoms with Gasteiger partial charge in [-0.15, -0.1) is 0 Å². The Hall–Kier alpha value is -3.02. The number of rotatable bonds is 0. The molecule has 0 amide bonds. The molecule has 4 heterocycles. The van der Waals surface area contributed by atoms with E-state index in [9.17, 15) is 0 Å². The van der Waals surface area contributed by atoms with E-state index < -0.39 is 0 Å². The molecular weight excluding hydrogens is 252 g/mol. The van der Waals surface area contributed by atoms with Crippen molar-refractivity contribution in [3.63, 3.8) is 0 Å². The maximum Gasteiger partial charge on any atom is 0.179 e. The first-order valence-electron chi connectivity index (χ1n) is 6.26. The molecule has 5 aromatic rings. The van der Waals surface area contributed by atoms with Crippen LogP contribution in [0, 0.1) is 0 Å². The second-order valence-corrected chi connectivity index (χ2v) is 4.64. The van der Waals surface area contributed by atoms with Gasteiger partial charge >= 0.3 is 0 Å². The van der Waals surface area contributed by atoms with E-state index in [1.165, 1.54) is 0 Å². The third-order valence-electron chi connectivity index (χ3n) is 3.52. The summed E-state index contributed by atoms with van der Waals surface area (Å²) in [7, 11) is 0. The number of imidazole rings is 1. The van der Waals surface area contributed by atoms with Gasteiger partial charge in [-0.05, 0) is 12.1 Å². The maximum absolute atomic E-state index is 4.70. The lowest BCUT2D eigenvalue weighted by Gasteiger charge is -1.95. The molecule has 0 bridgehead atoms. The van der Waals surface area contributed by atoms with Crippen molar-refractivity contribution in [2.24, 2.45) is 0 Å². The van der Waals surface area contributed by atoms with Gasteiger partial charge in [-0.2, -0.15) is 0 Å². The van der Waals surface area contributed by atoms with Gasteiger partial charge in [-0.1, -0.05) is 12.1 Å². The molecule has 6 nitrogen and oxygen atoms in total. The summed E-state index contributed by atoms with van der Waals surface area (Å²) < 4.78 is 1.99. The minimum absolute atomic E-state index is 0.662. The van der Waals surface area contributed by atoms with Gasteiger partial charge in [0.25, 0.3) is 0 Å². The quantitative estimate of drug-likeness (QED) is 0.463. The van der Waals surface area contributed by atoms with Crippen LogP contribution < -0.4 is 0 Å². The summed E-state index contributed by atoms with van der Waals surface area (Å²) in [6.07, 6.45) is 5.24. The molecule has 6 heteroatoms. The fraction of sp³-hybridized carbons (Fsp3) is 0. The van der Waals surface area contributed by atoms with E-state index in [2.05, 4.69) is 19.9 Å². The second-order valence-electron chi connectivity index (χ2n) is 4.64. The zero-order valence-corrected chi connectivity index (χ0v) is 10.3. The van der Waals surface area contributed by atoms with Crippen LogP contribution in [0.2, 0.25) is 0 Å². The zero-order chi connectivity index (χ0) is 13.1. The van der Waals surface area contributed by atoms with Gasteiger partial charge in [0.1, 0.15) is 6.33 Å². The van der Waals surface area contributed by atoms with E-state index in [-0.39, 0.29) is 0 Å². The lowest BCUT2D eigenvalue weighted by molar-refractivity contribution is 1.14. The van der Waals surface area contributed by atoms with Crippen molar-refractivity contribution in [1.29, 1.82) is 0 Å². The van der Waals surface area contributed by atoms with Gasteiger partial charge in [0.05, 0.1) is 21.9 Å². The standard InChI is InChI=1S/C14H8N6/c1-2-4-9-8(3-1)18-14-10-11-13(16-6-5-15-11)19-12(10)17-7-20(9)14/h1-7,15H. The van der Waals surface area contributed by atoms with E-state index in [0.29, 0.717) is 11.3 Å². The smallest absolute Gasteiger partial charge is 0.179 e. The maximum atomic E-state index is 4.70. The molecule has 20 heavy (non-hydrogen) atoms. The summed E-state index contributed by atoms with van der Waals surface area (Å²) in [6, 6.07) is 8.00. The third kappa shape index (κ3) is 1.08. The Morgan fingerprint density at radius 2 is 1.95 bits per heavy atom. The van der Waals surface area contributed by atoms with Crippen molar-refractivity contribution >= 4 is 38.9 Å². The summed E-state index contributed by atoms with van der Waals surface area (Å²) in [4.78, 5) is 21.0. The van der Waals surface area contributed by atoms with E-state index >= 15 is 0 Å². The number of para-hydroxylation sites is 2. The molecule has 94 valence electrons. The van der Waals surface area contributed by atoms with Crippen LogP contribution in [0.15, 0.2) is 43.0 Å². The van der Waals surface area contributed by atoms with Crippen molar-refractivity contribution in [2.45, 2.75) is 0 Å². The highest BCUT2D eigenvalue weighted by molar-refractivity contribution is 6.10. The molecule has 0 aliphatic rings. The van der Waals surface area contributed by atoms with Gasteiger partial charge in [0.15, 0.2) is 16.9 Å². The fourth-order valence-corrected chi connectivity index (χ4v) is 2.65. The van der Waals surface area contributed by atoms with E-state index in [1.807, 2.05) is 28.7 Å². The topological polar surface area (TPSA) is 71.8 Å². The predicted octanol–water partition coefficient (Wildman–Crippen LogP) is 2.31. The van der Waals surface area contributed by atoms with Gasteiger partial charge in [0, 0.05) is 12.4 Å². The lowest BCUT2D eigenvalue weighted by Crippen LogP contribution is -1.88. The van der Waals surface area contributed by atoms with E-state index in [0.717, 1.165) is 27.6 Å². The first kappa shape index (κ1) is 9.85. The number of nitrogens with zero attached hydrogens (tertiary/aromatic N) is 5. The molecule has 0 radical (unpaired) electrons. The molecule has 0 aliphatic carbocycles. The first-order chi connectivity index (χ1) is 9.92. The first-order valence-corrected chi connectivity index (χ1v) is 6.26. The van der Waals surface area contributed by atoms with Crippen LogP contribution >= 0.6 is 0 Å². The van der Waals surface area contributed by atoms with Crippen LogP contribution in [-0.2, 0) is 0 Å². The number of aromatic nitrogens is 6. The lowest BCUT2D eigenvalue weighted by atomic mass is 10.3. The molecule has 5 rings (SSSR count). The number of hydrogen-bond donors (Lipinski definition) is 1. The SMILES string of the molecule is c1ccc2c(c1)nc1c3c(ncn21)nc1ncc[nH]c13. The molecule has 1 N–H and O–H groups in total. The molecule has 0 fully saturated rings. The van der Waals surface area contributed by atoms with Crippen LogP contribution in [0.25, 0.3) is 38.9 Å². The van der Waals surface area contributed by atoms with Gasteiger partial charge in [0.2, 0.25) is 0 Å². The Balaban J connectivity index is 2.14. The fourth-order valence-electron chi connectivity index (χ4n) is 2.65. The van der Waals surface area contributed by atoms with Crippen LogP contribution in [0.3, 0.4) is 0 Å². The van der Waals surface area contributed by atoms with E-state index in [1.54, 1.807) is 18.7 Å². The molecule has 0 saturated heterocycles. The normalized spacial score (nSPS) is 12.0. The van der Waals surface area contributed by atoms with Crippen molar-refractivity contribution < 1.29 is 0 Å². The van der Waals surface area contributed by atoms with Gasteiger partial charge < -0.3 is 4.98 Å². The summed E-state index contributed by atoms with van der Waals surface area (Å²) in [5.74, 6) is 0. The van der Waals surface area contributed by atoms with Crippen LogP contribution in [-0.4, -0.2) is 29.3 Å². The van der Waals surface area contributed by atoms with Crippen LogP contribution in [0.1, 0.15) is 0 Å². The van der Waals surface area contributed by atoms with Gasteiger partial charge in [-0.25, -0.2) is 19.9 Å². The van der Waals surface area contributed by atoms with Crippen molar-refractivity contribution in [3.05, 3.63) is 43.0 Å². The highest BCUT2D eigenvalue weighted by Crippen LogP contribution is 2.26. The molecule has 4 aromatic heterocycles. The van der Waals surface area contributed by atoms with E-state index in [4.69, 9.17) is 4.98 Å². The van der Waals surface area contributed by atoms with Crippen molar-refractivity contribution in [2.75, 3.05) is 0 Å². The van der Waals surface area contributed by atoms with Gasteiger partial charge in [-0.3, -0.25) is 4.40 Å². The Morgan fingerprint density at radius 3 is 2.95 bits per heavy atom. The average Bonchev–Trinajstić information content (AvgIpc) is 3.04. The average molecular weight is 260 g/mol. The Labute approximate surface area is 112 Å². The molecule has 0 saturated carbocycles. The molecular formula is C14H8N6. The number of fused-ring (bicyclic) bond motifs is 7. The number of nitrogens with one attached hydrogen (secondary N) is 1. The zero-order valence-electron chi connectivity index (χ0n) is 10.3. The molecule has 0 aliphatic heterocycles. The third-order valence-corrected chi connectivity index (χ3v) is 3.52.